The summed E-state index contributed by atoms with van der Waals surface area (Å²) in [6.07, 6.45) is 1.55. The molecule has 2 aromatic carbocycles. The fraction of sp³-hybridized carbons (Fsp3) is 0.304. The lowest BCUT2D eigenvalue weighted by Gasteiger charge is -2.13. The van der Waals surface area contributed by atoms with Crippen LogP contribution < -0.4 is 10.6 Å². The number of amides is 4. The van der Waals surface area contributed by atoms with Gasteiger partial charge in [0, 0.05) is 37.5 Å². The molecule has 0 saturated carbocycles. The molecule has 8 heteroatoms. The van der Waals surface area contributed by atoms with E-state index in [1.807, 2.05) is 12.1 Å². The average Bonchev–Trinajstić information content (AvgIpc) is 3.01. The number of halogens is 1. The first-order valence-electron chi connectivity index (χ1n) is 10.2. The Kier molecular flexibility index (Phi) is 7.78. The van der Waals surface area contributed by atoms with Gasteiger partial charge in [0.15, 0.2) is 0 Å². The summed E-state index contributed by atoms with van der Waals surface area (Å²) in [4.78, 5) is 49.6. The van der Waals surface area contributed by atoms with Crippen LogP contribution in [-0.2, 0) is 16.0 Å². The van der Waals surface area contributed by atoms with Crippen LogP contribution in [0.3, 0.4) is 0 Å². The Balaban J connectivity index is 1.27. The molecule has 0 aromatic heterocycles. The first kappa shape index (κ1) is 22.5. The van der Waals surface area contributed by atoms with Gasteiger partial charge < -0.3 is 10.6 Å². The van der Waals surface area contributed by atoms with Crippen LogP contribution in [0.2, 0.25) is 5.02 Å². The first-order valence-corrected chi connectivity index (χ1v) is 10.6. The van der Waals surface area contributed by atoms with Crippen LogP contribution in [-0.4, -0.2) is 48.2 Å². The third-order valence-electron chi connectivity index (χ3n) is 4.99. The second-order valence-corrected chi connectivity index (χ2v) is 7.67. The third kappa shape index (κ3) is 6.15. The molecule has 0 unspecified atom stereocenters. The minimum Gasteiger partial charge on any atom is -0.354 e. The van der Waals surface area contributed by atoms with Crippen molar-refractivity contribution in [3.63, 3.8) is 0 Å². The maximum atomic E-state index is 12.3. The van der Waals surface area contributed by atoms with Crippen molar-refractivity contribution >= 4 is 35.2 Å². The molecule has 1 aliphatic heterocycles. The number of imide groups is 1. The first-order chi connectivity index (χ1) is 15.0. The van der Waals surface area contributed by atoms with Gasteiger partial charge in [0.05, 0.1) is 11.1 Å². The van der Waals surface area contributed by atoms with Crippen LogP contribution in [0, 0.1) is 0 Å². The summed E-state index contributed by atoms with van der Waals surface area (Å²) in [6.45, 7) is 0.851. The molecule has 0 atom stereocenters. The fourth-order valence-corrected chi connectivity index (χ4v) is 3.46. The molecule has 0 saturated heterocycles. The van der Waals surface area contributed by atoms with Gasteiger partial charge in [0.2, 0.25) is 11.8 Å². The average molecular weight is 442 g/mol. The zero-order valence-electron chi connectivity index (χ0n) is 17.0. The Morgan fingerprint density at radius 3 is 1.94 bits per heavy atom. The topological polar surface area (TPSA) is 95.6 Å². The lowest BCUT2D eigenvalue weighted by molar-refractivity contribution is -0.122. The summed E-state index contributed by atoms with van der Waals surface area (Å²) >= 11 is 5.84. The predicted molar refractivity (Wildman–Crippen MR) is 117 cm³/mol. The van der Waals surface area contributed by atoms with Gasteiger partial charge in [-0.2, -0.15) is 0 Å². The molecule has 1 aliphatic rings. The van der Waals surface area contributed by atoms with E-state index < -0.39 is 0 Å². The molecule has 7 nitrogen and oxygen atoms in total. The quantitative estimate of drug-likeness (QED) is 0.437. The number of fused-ring (bicyclic) bond motifs is 1. The van der Waals surface area contributed by atoms with Crippen molar-refractivity contribution < 1.29 is 19.2 Å². The maximum Gasteiger partial charge on any atom is 0.261 e. The number of nitrogens with zero attached hydrogens (tertiary/aromatic N) is 1. The molecular weight excluding hydrogens is 418 g/mol. The number of aryl methyl sites for hydroxylation is 1. The van der Waals surface area contributed by atoms with Gasteiger partial charge >= 0.3 is 0 Å². The largest absolute Gasteiger partial charge is 0.354 e. The smallest absolute Gasteiger partial charge is 0.261 e. The second kappa shape index (κ2) is 10.7. The molecule has 0 fully saturated rings. The third-order valence-corrected chi connectivity index (χ3v) is 5.24. The van der Waals surface area contributed by atoms with Crippen molar-refractivity contribution in [1.82, 2.24) is 15.5 Å². The highest BCUT2D eigenvalue weighted by molar-refractivity contribution is 6.30. The lowest BCUT2D eigenvalue weighted by Crippen LogP contribution is -2.35. The van der Waals surface area contributed by atoms with Crippen LogP contribution in [0.4, 0.5) is 0 Å². The number of benzene rings is 2. The molecule has 1 heterocycles. The van der Waals surface area contributed by atoms with Gasteiger partial charge in [-0.05, 0) is 42.7 Å². The number of nitrogens with one attached hydrogen (secondary N) is 2. The van der Waals surface area contributed by atoms with E-state index in [0.29, 0.717) is 48.5 Å². The van der Waals surface area contributed by atoms with Gasteiger partial charge in [-0.15, -0.1) is 0 Å². The Morgan fingerprint density at radius 2 is 1.35 bits per heavy atom. The fourth-order valence-electron chi connectivity index (χ4n) is 3.33. The van der Waals surface area contributed by atoms with Gasteiger partial charge in [0.25, 0.3) is 11.8 Å². The predicted octanol–water partition coefficient (Wildman–Crippen LogP) is 2.58. The normalized spacial score (nSPS) is 12.6. The Hall–Kier alpha value is -3.19. The van der Waals surface area contributed by atoms with Crippen molar-refractivity contribution in [1.29, 1.82) is 0 Å². The highest BCUT2D eigenvalue weighted by Crippen LogP contribution is 2.22. The summed E-state index contributed by atoms with van der Waals surface area (Å²) in [5.74, 6) is -0.911. The number of carbonyl (C=O) groups is 4. The van der Waals surface area contributed by atoms with E-state index in [9.17, 15) is 19.2 Å². The molecule has 0 spiro atoms. The minimum absolute atomic E-state index is 0.0881. The van der Waals surface area contributed by atoms with Crippen molar-refractivity contribution in [2.45, 2.75) is 25.7 Å². The van der Waals surface area contributed by atoms with E-state index in [1.54, 1.807) is 36.4 Å². The molecule has 0 radical (unpaired) electrons. The Labute approximate surface area is 185 Å². The Bertz CT molecular complexity index is 940. The van der Waals surface area contributed by atoms with Crippen LogP contribution in [0.25, 0.3) is 0 Å². The summed E-state index contributed by atoms with van der Waals surface area (Å²) in [5.41, 5.74) is 1.85. The second-order valence-electron chi connectivity index (χ2n) is 7.24. The molecule has 162 valence electrons. The molecule has 0 bridgehead atoms. The number of carbonyl (C=O) groups excluding carboxylic acids is 4. The summed E-state index contributed by atoms with van der Waals surface area (Å²) in [6, 6.07) is 14.1. The minimum atomic E-state index is -0.317. The van der Waals surface area contributed by atoms with Gasteiger partial charge in [-0.3, -0.25) is 24.1 Å². The Morgan fingerprint density at radius 1 is 0.806 bits per heavy atom. The van der Waals surface area contributed by atoms with E-state index in [1.165, 1.54) is 4.90 Å². The van der Waals surface area contributed by atoms with Crippen LogP contribution in [0.15, 0.2) is 48.5 Å². The standard InChI is InChI=1S/C23H24ClN3O4/c24-17-10-7-16(8-11-17)9-12-21(29)26-14-13-25-20(28)6-3-15-27-22(30)18-4-1-2-5-19(18)23(27)31/h1-2,4-5,7-8,10-11H,3,6,9,12-15H2,(H,25,28)(H,26,29). The highest BCUT2D eigenvalue weighted by atomic mass is 35.5. The van der Waals surface area contributed by atoms with E-state index in [4.69, 9.17) is 11.6 Å². The van der Waals surface area contributed by atoms with Crippen molar-refractivity contribution in [3.05, 3.63) is 70.2 Å². The molecular formula is C23H24ClN3O4. The molecule has 0 aliphatic carbocycles. The highest BCUT2D eigenvalue weighted by Gasteiger charge is 2.34. The maximum absolute atomic E-state index is 12.3. The van der Waals surface area contributed by atoms with Gasteiger partial charge in [-0.1, -0.05) is 35.9 Å². The molecule has 3 rings (SSSR count). The van der Waals surface area contributed by atoms with Crippen molar-refractivity contribution in [2.75, 3.05) is 19.6 Å². The molecule has 2 aromatic rings. The lowest BCUT2D eigenvalue weighted by atomic mass is 10.1. The molecule has 4 amide bonds. The monoisotopic (exact) mass is 441 g/mol. The van der Waals surface area contributed by atoms with Crippen LogP contribution in [0.5, 0.6) is 0 Å². The van der Waals surface area contributed by atoms with Crippen LogP contribution >= 0.6 is 11.6 Å². The van der Waals surface area contributed by atoms with Gasteiger partial charge in [-0.25, -0.2) is 0 Å². The number of rotatable bonds is 10. The van der Waals surface area contributed by atoms with E-state index in [2.05, 4.69) is 10.6 Å². The van der Waals surface area contributed by atoms with Gasteiger partial charge in [0.1, 0.15) is 0 Å². The number of hydrogen-bond donors (Lipinski definition) is 2. The van der Waals surface area contributed by atoms with E-state index in [-0.39, 0.29) is 36.6 Å². The van der Waals surface area contributed by atoms with E-state index in [0.717, 1.165) is 5.56 Å². The summed E-state index contributed by atoms with van der Waals surface area (Å²) < 4.78 is 0. The zero-order valence-corrected chi connectivity index (χ0v) is 17.8. The van der Waals surface area contributed by atoms with E-state index >= 15 is 0 Å². The summed E-state index contributed by atoms with van der Waals surface area (Å²) in [7, 11) is 0. The van der Waals surface area contributed by atoms with Crippen molar-refractivity contribution in [2.24, 2.45) is 0 Å². The summed E-state index contributed by atoms with van der Waals surface area (Å²) in [5, 5.41) is 6.15. The van der Waals surface area contributed by atoms with Crippen LogP contribution in [0.1, 0.15) is 45.5 Å². The SMILES string of the molecule is O=C(CCCN1C(=O)c2ccccc2C1=O)NCCNC(=O)CCc1ccc(Cl)cc1. The van der Waals surface area contributed by atoms with Crippen molar-refractivity contribution in [3.8, 4) is 0 Å². The zero-order chi connectivity index (χ0) is 22.2. The molecule has 2 N–H and O–H groups in total. The number of hydrogen-bond acceptors (Lipinski definition) is 4. The molecule has 31 heavy (non-hydrogen) atoms.